The molecule has 5 heteroatoms. The molecule has 0 bridgehead atoms. The van der Waals surface area contributed by atoms with Crippen LogP contribution in [0.4, 0.5) is 0 Å². The molecule has 1 fully saturated rings. The normalized spacial score (nSPS) is 16.4. The third-order valence-corrected chi connectivity index (χ3v) is 4.42. The van der Waals surface area contributed by atoms with Crippen LogP contribution in [0.1, 0.15) is 52.4 Å². The van der Waals surface area contributed by atoms with Gasteiger partial charge in [-0.2, -0.15) is 0 Å². The van der Waals surface area contributed by atoms with Gasteiger partial charge in [-0.05, 0) is 39.7 Å². The highest BCUT2D eigenvalue weighted by molar-refractivity contribution is 14.0. The number of hydrogen-bond donors (Lipinski definition) is 2. The molecule has 1 aliphatic carbocycles. The van der Waals surface area contributed by atoms with Crippen molar-refractivity contribution in [1.82, 2.24) is 15.5 Å². The number of nitrogens with zero attached hydrogens (tertiary/aromatic N) is 2. The molecule has 0 saturated heterocycles. The molecule has 0 unspecified atom stereocenters. The zero-order valence-corrected chi connectivity index (χ0v) is 16.7. The molecule has 0 spiro atoms. The molecule has 4 nitrogen and oxygen atoms in total. The second kappa shape index (κ2) is 12.5. The second-order valence-corrected chi connectivity index (χ2v) is 6.29. The maximum absolute atomic E-state index is 4.27. The highest BCUT2D eigenvalue weighted by atomic mass is 127. The van der Waals surface area contributed by atoms with Crippen LogP contribution in [0.5, 0.6) is 0 Å². The number of nitrogens with one attached hydrogen (secondary N) is 2. The van der Waals surface area contributed by atoms with Crippen molar-refractivity contribution in [2.24, 2.45) is 10.9 Å². The molecular weight excluding hydrogens is 375 g/mol. The summed E-state index contributed by atoms with van der Waals surface area (Å²) in [7, 11) is 4.00. The number of hydrogen-bond acceptors (Lipinski definition) is 2. The summed E-state index contributed by atoms with van der Waals surface area (Å²) >= 11 is 0. The molecule has 126 valence electrons. The van der Waals surface area contributed by atoms with Crippen LogP contribution in [0.15, 0.2) is 4.99 Å². The number of aliphatic imine (C=N–C) groups is 1. The summed E-state index contributed by atoms with van der Waals surface area (Å²) in [6, 6.07) is 0.596. The highest BCUT2D eigenvalue weighted by Crippen LogP contribution is 2.28. The molecule has 1 saturated carbocycles. The van der Waals surface area contributed by atoms with Gasteiger partial charge in [-0.15, -0.1) is 24.0 Å². The monoisotopic (exact) mass is 410 g/mol. The highest BCUT2D eigenvalue weighted by Gasteiger charge is 2.13. The fraction of sp³-hybridized carbons (Fsp3) is 0.938. The lowest BCUT2D eigenvalue weighted by atomic mass is 10.0. The average molecular weight is 410 g/mol. The maximum Gasteiger partial charge on any atom is 0.191 e. The predicted molar refractivity (Wildman–Crippen MR) is 104 cm³/mol. The average Bonchev–Trinajstić information content (AvgIpc) is 2.94. The number of halogens is 1. The summed E-state index contributed by atoms with van der Waals surface area (Å²) in [5.41, 5.74) is 0. The van der Waals surface area contributed by atoms with E-state index in [0.29, 0.717) is 6.04 Å². The van der Waals surface area contributed by atoms with Crippen molar-refractivity contribution >= 4 is 29.9 Å². The molecule has 0 aromatic heterocycles. The van der Waals surface area contributed by atoms with E-state index in [2.05, 4.69) is 41.4 Å². The predicted octanol–water partition coefficient (Wildman–Crippen LogP) is 3.08. The van der Waals surface area contributed by atoms with Crippen molar-refractivity contribution in [1.29, 1.82) is 0 Å². The Kier molecular flexibility index (Phi) is 12.5. The number of likely N-dealkylation sites (N-methyl/N-ethyl adjacent to an activating group) is 1. The fourth-order valence-electron chi connectivity index (χ4n) is 2.73. The molecule has 1 rings (SSSR count). The van der Waals surface area contributed by atoms with E-state index >= 15 is 0 Å². The van der Waals surface area contributed by atoms with Gasteiger partial charge in [0.25, 0.3) is 0 Å². The molecular formula is C16H35IN4. The van der Waals surface area contributed by atoms with Gasteiger partial charge in [0.15, 0.2) is 5.96 Å². The Balaban J connectivity index is 0.00000400. The molecule has 21 heavy (non-hydrogen) atoms. The van der Waals surface area contributed by atoms with Crippen molar-refractivity contribution < 1.29 is 0 Å². The standard InChI is InChI=1S/C16H34N4.HI/c1-14(2)20(4)13-12-19-16(17-3)18-11-7-10-15-8-5-6-9-15;/h14-15H,5-13H2,1-4H3,(H2,17,18,19);1H. The summed E-state index contributed by atoms with van der Waals surface area (Å²) in [6.07, 6.45) is 8.44. The van der Waals surface area contributed by atoms with E-state index in [-0.39, 0.29) is 24.0 Å². The number of guanidine groups is 1. The summed E-state index contributed by atoms with van der Waals surface area (Å²) in [5, 5.41) is 6.80. The quantitative estimate of drug-likeness (QED) is 0.280. The van der Waals surface area contributed by atoms with E-state index in [1.54, 1.807) is 0 Å². The van der Waals surface area contributed by atoms with Crippen LogP contribution in [-0.2, 0) is 0 Å². The summed E-state index contributed by atoms with van der Waals surface area (Å²) in [6.45, 7) is 7.46. The topological polar surface area (TPSA) is 39.7 Å². The molecule has 0 aromatic carbocycles. The van der Waals surface area contributed by atoms with E-state index in [4.69, 9.17) is 0 Å². The fourth-order valence-corrected chi connectivity index (χ4v) is 2.73. The smallest absolute Gasteiger partial charge is 0.191 e. The Morgan fingerprint density at radius 2 is 1.81 bits per heavy atom. The van der Waals surface area contributed by atoms with Crippen LogP contribution in [0.25, 0.3) is 0 Å². The minimum absolute atomic E-state index is 0. The van der Waals surface area contributed by atoms with Gasteiger partial charge < -0.3 is 15.5 Å². The first-order valence-electron chi connectivity index (χ1n) is 8.28. The van der Waals surface area contributed by atoms with E-state index in [9.17, 15) is 0 Å². The zero-order chi connectivity index (χ0) is 14.8. The van der Waals surface area contributed by atoms with E-state index in [1.165, 1.54) is 38.5 Å². The summed E-state index contributed by atoms with van der Waals surface area (Å²) < 4.78 is 0. The Bertz CT molecular complexity index is 275. The van der Waals surface area contributed by atoms with Crippen molar-refractivity contribution in [2.75, 3.05) is 33.7 Å². The van der Waals surface area contributed by atoms with Crippen molar-refractivity contribution in [2.45, 2.75) is 58.4 Å². The van der Waals surface area contributed by atoms with Crippen LogP contribution in [0, 0.1) is 5.92 Å². The first kappa shape index (κ1) is 21.0. The molecule has 1 aliphatic rings. The Labute approximate surface area is 148 Å². The van der Waals surface area contributed by atoms with Crippen molar-refractivity contribution in [3.8, 4) is 0 Å². The second-order valence-electron chi connectivity index (χ2n) is 6.29. The molecule has 0 aromatic rings. The van der Waals surface area contributed by atoms with Gasteiger partial charge >= 0.3 is 0 Å². The van der Waals surface area contributed by atoms with E-state index in [1.807, 2.05) is 7.05 Å². The van der Waals surface area contributed by atoms with Gasteiger partial charge in [-0.25, -0.2) is 0 Å². The first-order chi connectivity index (χ1) is 9.63. The van der Waals surface area contributed by atoms with Crippen LogP contribution >= 0.6 is 24.0 Å². The van der Waals surface area contributed by atoms with Crippen LogP contribution in [0.3, 0.4) is 0 Å². The Morgan fingerprint density at radius 1 is 1.19 bits per heavy atom. The number of rotatable bonds is 8. The lowest BCUT2D eigenvalue weighted by molar-refractivity contribution is 0.278. The molecule has 0 heterocycles. The van der Waals surface area contributed by atoms with Crippen molar-refractivity contribution in [3.05, 3.63) is 0 Å². The molecule has 0 atom stereocenters. The lowest BCUT2D eigenvalue weighted by Crippen LogP contribution is -2.42. The van der Waals surface area contributed by atoms with Gasteiger partial charge in [-0.3, -0.25) is 4.99 Å². The Hall–Kier alpha value is -0.0400. The summed E-state index contributed by atoms with van der Waals surface area (Å²) in [4.78, 5) is 6.61. The van der Waals surface area contributed by atoms with Crippen LogP contribution in [0.2, 0.25) is 0 Å². The van der Waals surface area contributed by atoms with E-state index in [0.717, 1.165) is 31.5 Å². The minimum atomic E-state index is 0. The van der Waals surface area contributed by atoms with Gasteiger partial charge in [0, 0.05) is 32.7 Å². The van der Waals surface area contributed by atoms with Gasteiger partial charge in [0.2, 0.25) is 0 Å². The van der Waals surface area contributed by atoms with E-state index < -0.39 is 0 Å². The SMILES string of the molecule is CN=C(NCCCC1CCCC1)NCCN(C)C(C)C.I. The zero-order valence-electron chi connectivity index (χ0n) is 14.3. The van der Waals surface area contributed by atoms with Gasteiger partial charge in [0.1, 0.15) is 0 Å². The van der Waals surface area contributed by atoms with Crippen LogP contribution in [-0.4, -0.2) is 50.6 Å². The third kappa shape index (κ3) is 9.55. The van der Waals surface area contributed by atoms with Crippen LogP contribution < -0.4 is 10.6 Å². The Morgan fingerprint density at radius 3 is 2.38 bits per heavy atom. The first-order valence-corrected chi connectivity index (χ1v) is 8.28. The van der Waals surface area contributed by atoms with Crippen molar-refractivity contribution in [3.63, 3.8) is 0 Å². The largest absolute Gasteiger partial charge is 0.356 e. The molecule has 0 amide bonds. The molecule has 0 aliphatic heterocycles. The summed E-state index contributed by atoms with van der Waals surface area (Å²) in [5.74, 6) is 1.93. The molecule has 2 N–H and O–H groups in total. The van der Waals surface area contributed by atoms with Gasteiger partial charge in [0.05, 0.1) is 0 Å². The minimum Gasteiger partial charge on any atom is -0.356 e. The molecule has 0 radical (unpaired) electrons. The third-order valence-electron chi connectivity index (χ3n) is 4.42. The lowest BCUT2D eigenvalue weighted by Gasteiger charge is -2.21. The van der Waals surface area contributed by atoms with Gasteiger partial charge in [-0.1, -0.05) is 25.7 Å². The maximum atomic E-state index is 4.27.